The monoisotopic (exact) mass is 590 g/mol. The molecule has 0 aromatic heterocycles. The van der Waals surface area contributed by atoms with Gasteiger partial charge in [0.05, 0.1) is 12.7 Å². The van der Waals surface area contributed by atoms with E-state index in [1.54, 1.807) is 5.57 Å². The molecule has 2 N–H and O–H groups in total. The lowest BCUT2D eigenvalue weighted by molar-refractivity contribution is -0.272. The molecule has 5 nitrogen and oxygen atoms in total. The number of rotatable bonds is 2. The minimum Gasteiger partial charge on any atom is -0.349 e. The van der Waals surface area contributed by atoms with Gasteiger partial charge in [-0.1, -0.05) is 39.3 Å². The summed E-state index contributed by atoms with van der Waals surface area (Å²) in [5, 5.41) is 7.09. The van der Waals surface area contributed by atoms with Crippen LogP contribution in [0.4, 0.5) is 4.79 Å². The van der Waals surface area contributed by atoms with Gasteiger partial charge in [0, 0.05) is 23.9 Å². The molecule has 2 saturated heterocycles. The Balaban J connectivity index is 0.874. The molecule has 4 bridgehead atoms. The number of carbonyl (C=O) groups excluding carboxylic acids is 1. The van der Waals surface area contributed by atoms with Crippen molar-refractivity contribution < 1.29 is 14.3 Å². The number of allylic oxidation sites excluding steroid dienone is 1. The Kier molecular flexibility index (Phi) is 6.22. The second-order valence-electron chi connectivity index (χ2n) is 18.5. The molecule has 0 aromatic carbocycles. The number of nitrogens with one attached hydrogen (secondary N) is 2. The van der Waals surface area contributed by atoms with E-state index in [0.717, 1.165) is 61.4 Å². The molecule has 0 aromatic rings. The third kappa shape index (κ3) is 4.10. The Hall–Kier alpha value is -1.07. The van der Waals surface area contributed by atoms with Crippen molar-refractivity contribution in [3.63, 3.8) is 0 Å². The van der Waals surface area contributed by atoms with E-state index in [1.165, 1.54) is 77.0 Å². The molecule has 9 fully saturated rings. The van der Waals surface area contributed by atoms with Crippen LogP contribution in [0.25, 0.3) is 0 Å². The van der Waals surface area contributed by atoms with Gasteiger partial charge >= 0.3 is 6.03 Å². The molecule has 10 rings (SSSR count). The van der Waals surface area contributed by atoms with Crippen LogP contribution in [0.1, 0.15) is 124 Å². The molecule has 2 aliphatic heterocycles. The molecule has 7 saturated carbocycles. The summed E-state index contributed by atoms with van der Waals surface area (Å²) in [5.74, 6) is 6.38. The highest BCUT2D eigenvalue weighted by Gasteiger charge is 2.68. The van der Waals surface area contributed by atoms with Gasteiger partial charge in [-0.3, -0.25) is 0 Å². The number of ether oxygens (including phenoxy) is 2. The van der Waals surface area contributed by atoms with Gasteiger partial charge in [-0.15, -0.1) is 0 Å². The summed E-state index contributed by atoms with van der Waals surface area (Å²) in [5.41, 5.74) is 2.43. The van der Waals surface area contributed by atoms with E-state index in [1.807, 2.05) is 0 Å². The second-order valence-corrected chi connectivity index (χ2v) is 18.5. The Morgan fingerprint density at radius 2 is 1.65 bits per heavy atom. The molecule has 10 aliphatic rings. The second kappa shape index (κ2) is 9.49. The Labute approximate surface area is 260 Å². The molecule has 8 aliphatic carbocycles. The molecule has 2 amide bonds. The predicted octanol–water partition coefficient (Wildman–Crippen LogP) is 7.99. The number of carbonyl (C=O) groups is 1. The van der Waals surface area contributed by atoms with Crippen LogP contribution in [0.3, 0.4) is 0 Å². The molecule has 2 heterocycles. The summed E-state index contributed by atoms with van der Waals surface area (Å²) >= 11 is 0. The lowest BCUT2D eigenvalue weighted by atomic mass is 9.46. The smallest absolute Gasteiger partial charge is 0.315 e. The molecule has 43 heavy (non-hydrogen) atoms. The molecule has 5 heteroatoms. The van der Waals surface area contributed by atoms with E-state index < -0.39 is 0 Å². The van der Waals surface area contributed by atoms with Crippen LogP contribution in [0.5, 0.6) is 0 Å². The number of amides is 2. The zero-order valence-electron chi connectivity index (χ0n) is 27.5. The molecule has 0 unspecified atom stereocenters. The van der Waals surface area contributed by atoms with Crippen LogP contribution < -0.4 is 10.6 Å². The zero-order valence-corrected chi connectivity index (χ0v) is 27.5. The van der Waals surface area contributed by atoms with Gasteiger partial charge in [0.15, 0.2) is 5.79 Å². The van der Waals surface area contributed by atoms with Gasteiger partial charge in [-0.05, 0) is 148 Å². The first-order valence-electron chi connectivity index (χ1n) is 18.7. The van der Waals surface area contributed by atoms with Crippen LogP contribution in [0.15, 0.2) is 11.6 Å². The average molecular weight is 591 g/mol. The van der Waals surface area contributed by atoms with Gasteiger partial charge in [0.25, 0.3) is 0 Å². The van der Waals surface area contributed by atoms with Crippen molar-refractivity contribution in [3.05, 3.63) is 11.6 Å². The molecular weight excluding hydrogens is 532 g/mol. The lowest BCUT2D eigenvalue weighted by Gasteiger charge is -2.59. The van der Waals surface area contributed by atoms with Crippen molar-refractivity contribution >= 4 is 6.03 Å². The highest BCUT2D eigenvalue weighted by molar-refractivity contribution is 5.75. The van der Waals surface area contributed by atoms with Crippen LogP contribution in [-0.4, -0.2) is 36.1 Å². The molecular formula is C38H58N2O3. The van der Waals surface area contributed by atoms with E-state index >= 15 is 0 Å². The molecule has 11 atom stereocenters. The van der Waals surface area contributed by atoms with Crippen molar-refractivity contribution in [1.82, 2.24) is 10.6 Å². The van der Waals surface area contributed by atoms with Crippen molar-refractivity contribution in [2.24, 2.45) is 64.1 Å². The van der Waals surface area contributed by atoms with Gasteiger partial charge < -0.3 is 20.1 Å². The predicted molar refractivity (Wildman–Crippen MR) is 168 cm³/mol. The normalized spacial score (nSPS) is 57.9. The van der Waals surface area contributed by atoms with Crippen LogP contribution in [-0.2, 0) is 9.47 Å². The number of urea groups is 1. The van der Waals surface area contributed by atoms with Crippen molar-refractivity contribution in [3.8, 4) is 0 Å². The van der Waals surface area contributed by atoms with Gasteiger partial charge in [-0.25, -0.2) is 4.79 Å². The zero-order chi connectivity index (χ0) is 29.4. The van der Waals surface area contributed by atoms with Crippen LogP contribution in [0, 0.1) is 64.1 Å². The van der Waals surface area contributed by atoms with Crippen molar-refractivity contribution in [1.29, 1.82) is 0 Å². The number of hydrogen-bond donors (Lipinski definition) is 2. The van der Waals surface area contributed by atoms with Crippen molar-refractivity contribution in [2.45, 2.75) is 147 Å². The van der Waals surface area contributed by atoms with E-state index in [4.69, 9.17) is 9.47 Å². The summed E-state index contributed by atoms with van der Waals surface area (Å²) in [6.07, 6.45) is 21.8. The van der Waals surface area contributed by atoms with Crippen LogP contribution >= 0.6 is 0 Å². The van der Waals surface area contributed by atoms with E-state index in [-0.39, 0.29) is 23.4 Å². The Morgan fingerprint density at radius 1 is 0.907 bits per heavy atom. The highest BCUT2D eigenvalue weighted by Crippen LogP contribution is 2.70. The summed E-state index contributed by atoms with van der Waals surface area (Å²) in [4.78, 5) is 13.4. The number of fused-ring (bicyclic) bond motifs is 7. The summed E-state index contributed by atoms with van der Waals surface area (Å²) in [6.45, 7) is 10.9. The standard InChI is InChI=1S/C38H58N2O3/c1-22-7-12-38(42-21-22)23(2)33-32(43-38)17-31-29-6-5-27-16-28(8-10-35(27,3)30(29)9-11-36(31,33)4)39-34(41)40-37-18-24-13-25(19-37)15-26(14-24)20-37/h5,22-26,28-33H,6-21H2,1-4H3,(H2,39,40,41)/t22-,23+,24?,25?,26?,28+,29-,30+,31+,32+,33+,35+,36+,37?,38-/m1/s1. The van der Waals surface area contributed by atoms with Crippen LogP contribution in [0.2, 0.25) is 0 Å². The molecule has 0 radical (unpaired) electrons. The maximum Gasteiger partial charge on any atom is 0.315 e. The first-order valence-corrected chi connectivity index (χ1v) is 18.7. The van der Waals surface area contributed by atoms with Crippen molar-refractivity contribution in [2.75, 3.05) is 6.61 Å². The number of hydrogen-bond acceptors (Lipinski definition) is 3. The SMILES string of the molecule is C[C@@H]1CC[C@@]2(OC1)O[C@H]1C[C@H]3[C@@H]4CC=C5C[C@@H](NC(=O)NC67CC8CC(CC(C8)C6)C7)CC[C@]5(C)[C@H]4CC[C@]3(C)[C@H]1[C@@H]2C. The van der Waals surface area contributed by atoms with E-state index in [0.29, 0.717) is 34.7 Å². The summed E-state index contributed by atoms with van der Waals surface area (Å²) in [6, 6.07) is 0.409. The first kappa shape index (κ1) is 28.2. The summed E-state index contributed by atoms with van der Waals surface area (Å²) < 4.78 is 13.5. The highest BCUT2D eigenvalue weighted by atomic mass is 16.7. The fourth-order valence-corrected chi connectivity index (χ4v) is 14.5. The fraction of sp³-hybridized carbons (Fsp3) is 0.921. The Bertz CT molecular complexity index is 1150. The minimum atomic E-state index is -0.314. The maximum absolute atomic E-state index is 13.4. The van der Waals surface area contributed by atoms with E-state index in [2.05, 4.69) is 44.4 Å². The first-order chi connectivity index (χ1) is 20.6. The van der Waals surface area contributed by atoms with Gasteiger partial charge in [0.1, 0.15) is 0 Å². The molecule has 238 valence electrons. The topological polar surface area (TPSA) is 59.6 Å². The quantitative estimate of drug-likeness (QED) is 0.321. The lowest BCUT2D eigenvalue weighted by Crippen LogP contribution is -2.62. The Morgan fingerprint density at radius 3 is 2.35 bits per heavy atom. The third-order valence-electron chi connectivity index (χ3n) is 16.1. The largest absolute Gasteiger partial charge is 0.349 e. The maximum atomic E-state index is 13.4. The molecule has 1 spiro atoms. The average Bonchev–Trinajstić information content (AvgIpc) is 3.39. The van der Waals surface area contributed by atoms with Gasteiger partial charge in [-0.2, -0.15) is 0 Å². The fourth-order valence-electron chi connectivity index (χ4n) is 14.5. The van der Waals surface area contributed by atoms with Gasteiger partial charge in [0.2, 0.25) is 0 Å². The summed E-state index contributed by atoms with van der Waals surface area (Å²) in [7, 11) is 0. The third-order valence-corrected chi connectivity index (χ3v) is 16.1. The minimum absolute atomic E-state index is 0.0933. The van der Waals surface area contributed by atoms with E-state index in [9.17, 15) is 4.79 Å².